The molecule has 0 amide bonds. The van der Waals surface area contributed by atoms with E-state index in [2.05, 4.69) is 25.2 Å². The van der Waals surface area contributed by atoms with Crippen LogP contribution in [0.25, 0.3) is 0 Å². The van der Waals surface area contributed by atoms with Crippen LogP contribution in [0.15, 0.2) is 18.2 Å². The number of hydrogen-bond donors (Lipinski definition) is 1. The Labute approximate surface area is 127 Å². The Kier molecular flexibility index (Phi) is 5.74. The summed E-state index contributed by atoms with van der Waals surface area (Å²) in [5, 5.41) is 4.00. The zero-order valence-electron chi connectivity index (χ0n) is 12.8. The first-order valence-corrected chi connectivity index (χ1v) is 8.15. The van der Waals surface area contributed by atoms with Gasteiger partial charge in [-0.2, -0.15) is 0 Å². The fourth-order valence-corrected chi connectivity index (χ4v) is 3.33. The normalized spacial score (nSPS) is 24.4. The van der Waals surface area contributed by atoms with Crippen LogP contribution in [-0.4, -0.2) is 13.2 Å². The molecule has 3 atom stereocenters. The Hall–Kier alpha value is -0.730. The van der Waals surface area contributed by atoms with E-state index >= 15 is 0 Å². The molecule has 1 fully saturated rings. The molecule has 1 aliphatic rings. The lowest BCUT2D eigenvalue weighted by Gasteiger charge is -2.29. The number of hydrogen-bond acceptors (Lipinski definition) is 2. The van der Waals surface area contributed by atoms with Crippen LogP contribution in [0.3, 0.4) is 0 Å². The van der Waals surface area contributed by atoms with Crippen LogP contribution in [0.1, 0.15) is 57.6 Å². The van der Waals surface area contributed by atoms with Crippen molar-refractivity contribution in [3.8, 4) is 5.75 Å². The molecule has 3 unspecified atom stereocenters. The monoisotopic (exact) mass is 295 g/mol. The van der Waals surface area contributed by atoms with Crippen LogP contribution in [0.4, 0.5) is 0 Å². The Morgan fingerprint density at radius 2 is 2.20 bits per heavy atom. The van der Waals surface area contributed by atoms with Gasteiger partial charge in [0, 0.05) is 11.1 Å². The number of benzene rings is 1. The highest BCUT2D eigenvalue weighted by molar-refractivity contribution is 6.31. The van der Waals surface area contributed by atoms with Crippen LogP contribution in [0.5, 0.6) is 5.75 Å². The van der Waals surface area contributed by atoms with Gasteiger partial charge in [-0.3, -0.25) is 0 Å². The SMILES string of the molecule is CCC1CCCC(Oc2ccc(C(C)NC)c(Cl)c2)C1. The molecule has 1 aromatic carbocycles. The lowest BCUT2D eigenvalue weighted by atomic mass is 9.85. The van der Waals surface area contributed by atoms with Crippen molar-refractivity contribution in [1.29, 1.82) is 0 Å². The standard InChI is InChI=1S/C17H26ClNO/c1-4-13-6-5-7-14(10-13)20-15-8-9-16(12(2)19-3)17(18)11-15/h8-9,11-14,19H,4-7,10H2,1-3H3. The fourth-order valence-electron chi connectivity index (χ4n) is 3.00. The molecule has 0 bridgehead atoms. The highest BCUT2D eigenvalue weighted by atomic mass is 35.5. The lowest BCUT2D eigenvalue weighted by Crippen LogP contribution is -2.25. The fraction of sp³-hybridized carbons (Fsp3) is 0.647. The zero-order chi connectivity index (χ0) is 14.5. The van der Waals surface area contributed by atoms with Gasteiger partial charge in [-0.25, -0.2) is 0 Å². The lowest BCUT2D eigenvalue weighted by molar-refractivity contribution is 0.122. The maximum atomic E-state index is 6.36. The van der Waals surface area contributed by atoms with Gasteiger partial charge in [0.2, 0.25) is 0 Å². The second-order valence-corrected chi connectivity index (χ2v) is 6.28. The van der Waals surface area contributed by atoms with Gasteiger partial charge in [0.1, 0.15) is 5.75 Å². The number of rotatable bonds is 5. The van der Waals surface area contributed by atoms with Crippen molar-refractivity contribution in [2.45, 2.75) is 58.1 Å². The Morgan fingerprint density at radius 1 is 1.40 bits per heavy atom. The summed E-state index contributed by atoms with van der Waals surface area (Å²) in [6.45, 7) is 4.38. The van der Waals surface area contributed by atoms with Crippen LogP contribution in [0.2, 0.25) is 5.02 Å². The molecule has 1 aliphatic carbocycles. The van der Waals surface area contributed by atoms with E-state index in [0.717, 1.165) is 22.3 Å². The van der Waals surface area contributed by atoms with Crippen molar-refractivity contribution in [2.75, 3.05) is 7.05 Å². The number of ether oxygens (including phenoxy) is 1. The molecule has 0 saturated heterocycles. The van der Waals surface area contributed by atoms with Crippen LogP contribution >= 0.6 is 11.6 Å². The van der Waals surface area contributed by atoms with E-state index in [-0.39, 0.29) is 6.04 Å². The van der Waals surface area contributed by atoms with E-state index in [1.165, 1.54) is 32.1 Å². The maximum absolute atomic E-state index is 6.36. The molecule has 2 rings (SSSR count). The van der Waals surface area contributed by atoms with Gasteiger partial charge in [-0.15, -0.1) is 0 Å². The first kappa shape index (κ1) is 15.7. The van der Waals surface area contributed by atoms with E-state index < -0.39 is 0 Å². The summed E-state index contributed by atoms with van der Waals surface area (Å²) < 4.78 is 6.13. The van der Waals surface area contributed by atoms with Crippen molar-refractivity contribution in [1.82, 2.24) is 5.32 Å². The van der Waals surface area contributed by atoms with Crippen LogP contribution < -0.4 is 10.1 Å². The Bertz CT molecular complexity index is 435. The van der Waals surface area contributed by atoms with Crippen molar-refractivity contribution in [2.24, 2.45) is 5.92 Å². The predicted octanol–water partition coefficient (Wildman–Crippen LogP) is 4.97. The number of nitrogens with one attached hydrogen (secondary N) is 1. The van der Waals surface area contributed by atoms with E-state index in [9.17, 15) is 0 Å². The topological polar surface area (TPSA) is 21.3 Å². The van der Waals surface area contributed by atoms with Crippen LogP contribution in [-0.2, 0) is 0 Å². The average Bonchev–Trinajstić information content (AvgIpc) is 2.47. The third-order valence-corrected chi connectivity index (χ3v) is 4.81. The third kappa shape index (κ3) is 3.89. The molecule has 0 aliphatic heterocycles. The summed E-state index contributed by atoms with van der Waals surface area (Å²) in [7, 11) is 1.94. The molecule has 1 aromatic rings. The number of halogens is 1. The second kappa shape index (κ2) is 7.33. The minimum Gasteiger partial charge on any atom is -0.490 e. The van der Waals surface area contributed by atoms with Crippen molar-refractivity contribution in [3.63, 3.8) is 0 Å². The first-order valence-electron chi connectivity index (χ1n) is 7.77. The molecule has 112 valence electrons. The third-order valence-electron chi connectivity index (χ3n) is 4.49. The molecule has 3 heteroatoms. The minimum absolute atomic E-state index is 0.260. The highest BCUT2D eigenvalue weighted by Crippen LogP contribution is 2.32. The molecule has 0 radical (unpaired) electrons. The highest BCUT2D eigenvalue weighted by Gasteiger charge is 2.22. The van der Waals surface area contributed by atoms with E-state index in [1.54, 1.807) is 0 Å². The molecule has 0 aromatic heterocycles. The largest absolute Gasteiger partial charge is 0.490 e. The maximum Gasteiger partial charge on any atom is 0.121 e. The van der Waals surface area contributed by atoms with Gasteiger partial charge in [0.15, 0.2) is 0 Å². The summed E-state index contributed by atoms with van der Waals surface area (Å²) in [5.74, 6) is 1.73. The summed E-state index contributed by atoms with van der Waals surface area (Å²) in [4.78, 5) is 0. The first-order chi connectivity index (χ1) is 9.63. The van der Waals surface area contributed by atoms with E-state index in [1.807, 2.05) is 19.2 Å². The smallest absolute Gasteiger partial charge is 0.121 e. The van der Waals surface area contributed by atoms with E-state index in [4.69, 9.17) is 16.3 Å². The summed E-state index contributed by atoms with van der Waals surface area (Å²) in [6, 6.07) is 6.33. The van der Waals surface area contributed by atoms with Gasteiger partial charge in [-0.1, -0.05) is 37.4 Å². The summed E-state index contributed by atoms with van der Waals surface area (Å²) in [5.41, 5.74) is 1.12. The molecule has 0 heterocycles. The van der Waals surface area contributed by atoms with Gasteiger partial charge in [0.25, 0.3) is 0 Å². The summed E-state index contributed by atoms with van der Waals surface area (Å²) >= 11 is 6.36. The average molecular weight is 296 g/mol. The zero-order valence-corrected chi connectivity index (χ0v) is 13.5. The Balaban J connectivity index is 2.01. The quantitative estimate of drug-likeness (QED) is 0.828. The van der Waals surface area contributed by atoms with Crippen molar-refractivity contribution < 1.29 is 4.74 Å². The molecule has 1 N–H and O–H groups in total. The molecular weight excluding hydrogens is 270 g/mol. The summed E-state index contributed by atoms with van der Waals surface area (Å²) in [6.07, 6.45) is 6.61. The molecule has 0 spiro atoms. The van der Waals surface area contributed by atoms with Crippen molar-refractivity contribution in [3.05, 3.63) is 28.8 Å². The molecule has 20 heavy (non-hydrogen) atoms. The van der Waals surface area contributed by atoms with Crippen molar-refractivity contribution >= 4 is 11.6 Å². The van der Waals surface area contributed by atoms with Gasteiger partial charge in [0.05, 0.1) is 6.10 Å². The Morgan fingerprint density at radius 3 is 2.85 bits per heavy atom. The molecule has 2 nitrogen and oxygen atoms in total. The minimum atomic E-state index is 0.260. The second-order valence-electron chi connectivity index (χ2n) is 5.87. The van der Waals surface area contributed by atoms with Gasteiger partial charge < -0.3 is 10.1 Å². The predicted molar refractivity (Wildman–Crippen MR) is 85.6 cm³/mol. The van der Waals surface area contributed by atoms with E-state index in [0.29, 0.717) is 6.10 Å². The van der Waals surface area contributed by atoms with Gasteiger partial charge in [-0.05, 0) is 56.8 Å². The van der Waals surface area contributed by atoms with Crippen LogP contribution in [0, 0.1) is 5.92 Å². The molecular formula is C17H26ClNO. The molecule has 1 saturated carbocycles. The van der Waals surface area contributed by atoms with Gasteiger partial charge >= 0.3 is 0 Å².